The largest absolute Gasteiger partial charge is 0.416 e. The Labute approximate surface area is 173 Å². The fourth-order valence-electron chi connectivity index (χ4n) is 3.96. The van der Waals surface area contributed by atoms with Crippen LogP contribution >= 0.6 is 0 Å². The number of carbonyl (C=O) groups excluding carboxylic acids is 2. The molecule has 1 aliphatic heterocycles. The SMILES string of the molecule is CC(C)CNC(=O)CN1CCC2(CC1)C[C@H]2NC(=O)c1cc(F)cc(C(F)(F)F)c1. The Balaban J connectivity index is 1.50. The van der Waals surface area contributed by atoms with Gasteiger partial charge < -0.3 is 10.6 Å². The first-order valence-electron chi connectivity index (χ1n) is 10.2. The molecule has 0 aromatic heterocycles. The van der Waals surface area contributed by atoms with E-state index in [1.165, 1.54) is 0 Å². The molecule has 9 heteroatoms. The van der Waals surface area contributed by atoms with Crippen LogP contribution in [-0.2, 0) is 11.0 Å². The lowest BCUT2D eigenvalue weighted by atomic mass is 9.92. The molecule has 2 N–H and O–H groups in total. The first-order valence-corrected chi connectivity index (χ1v) is 10.2. The topological polar surface area (TPSA) is 61.4 Å². The Kier molecular flexibility index (Phi) is 6.40. The summed E-state index contributed by atoms with van der Waals surface area (Å²) in [6.45, 7) is 6.48. The summed E-state index contributed by atoms with van der Waals surface area (Å²) >= 11 is 0. The van der Waals surface area contributed by atoms with Crippen molar-refractivity contribution >= 4 is 11.8 Å². The third-order valence-electron chi connectivity index (χ3n) is 5.91. The van der Waals surface area contributed by atoms with Gasteiger partial charge in [-0.15, -0.1) is 0 Å². The van der Waals surface area contributed by atoms with E-state index in [9.17, 15) is 27.2 Å². The third-order valence-corrected chi connectivity index (χ3v) is 5.91. The van der Waals surface area contributed by atoms with Crippen molar-refractivity contribution in [3.8, 4) is 0 Å². The lowest BCUT2D eigenvalue weighted by molar-refractivity contribution is -0.137. The summed E-state index contributed by atoms with van der Waals surface area (Å²) in [7, 11) is 0. The molecule has 1 saturated heterocycles. The van der Waals surface area contributed by atoms with Gasteiger partial charge in [-0.2, -0.15) is 13.2 Å². The van der Waals surface area contributed by atoms with Crippen LogP contribution in [0.2, 0.25) is 0 Å². The molecule has 3 rings (SSSR count). The Bertz CT molecular complexity index is 802. The molecule has 1 saturated carbocycles. The van der Waals surface area contributed by atoms with Gasteiger partial charge in [0.25, 0.3) is 5.91 Å². The molecule has 166 valence electrons. The van der Waals surface area contributed by atoms with Gasteiger partial charge in [0.2, 0.25) is 5.91 Å². The van der Waals surface area contributed by atoms with Gasteiger partial charge >= 0.3 is 6.18 Å². The maximum atomic E-state index is 13.5. The van der Waals surface area contributed by atoms with Crippen LogP contribution in [0.1, 0.15) is 49.0 Å². The summed E-state index contributed by atoms with van der Waals surface area (Å²) < 4.78 is 52.1. The van der Waals surface area contributed by atoms with E-state index in [2.05, 4.69) is 15.5 Å². The van der Waals surface area contributed by atoms with E-state index in [4.69, 9.17) is 0 Å². The number of nitrogens with zero attached hydrogens (tertiary/aromatic N) is 1. The van der Waals surface area contributed by atoms with Crippen LogP contribution < -0.4 is 10.6 Å². The zero-order valence-electron chi connectivity index (χ0n) is 17.1. The molecule has 5 nitrogen and oxygen atoms in total. The quantitative estimate of drug-likeness (QED) is 0.683. The zero-order valence-corrected chi connectivity index (χ0v) is 17.1. The molecule has 1 atom stereocenters. The molecule has 30 heavy (non-hydrogen) atoms. The number of piperidine rings is 1. The fraction of sp³-hybridized carbons (Fsp3) is 0.619. The summed E-state index contributed by atoms with van der Waals surface area (Å²) in [4.78, 5) is 26.4. The van der Waals surface area contributed by atoms with E-state index < -0.39 is 23.5 Å². The molecule has 0 bridgehead atoms. The molecular weight excluding hydrogens is 402 g/mol. The molecule has 1 spiro atoms. The average Bonchev–Trinajstić information content (AvgIpc) is 3.32. The molecule has 2 fully saturated rings. The highest BCUT2D eigenvalue weighted by Gasteiger charge is 2.55. The summed E-state index contributed by atoms with van der Waals surface area (Å²) in [5, 5.41) is 5.64. The van der Waals surface area contributed by atoms with Crippen molar-refractivity contribution in [1.82, 2.24) is 15.5 Å². The van der Waals surface area contributed by atoms with Gasteiger partial charge in [-0.25, -0.2) is 4.39 Å². The molecule has 1 aromatic carbocycles. The van der Waals surface area contributed by atoms with Gasteiger partial charge in [0.15, 0.2) is 0 Å². The number of alkyl halides is 3. The highest BCUT2D eigenvalue weighted by Crippen LogP contribution is 2.53. The summed E-state index contributed by atoms with van der Waals surface area (Å²) in [6, 6.07) is 1.73. The van der Waals surface area contributed by atoms with Crippen LogP contribution in [-0.4, -0.2) is 48.9 Å². The maximum Gasteiger partial charge on any atom is 0.416 e. The minimum absolute atomic E-state index is 0.00753. The van der Waals surface area contributed by atoms with Crippen LogP contribution in [0.4, 0.5) is 17.6 Å². The smallest absolute Gasteiger partial charge is 0.355 e. The van der Waals surface area contributed by atoms with Crippen LogP contribution in [0.5, 0.6) is 0 Å². The van der Waals surface area contributed by atoms with Crippen molar-refractivity contribution in [2.45, 2.75) is 45.3 Å². The summed E-state index contributed by atoms with van der Waals surface area (Å²) in [6.07, 6.45) is -2.38. The van der Waals surface area contributed by atoms with Gasteiger partial charge in [0.1, 0.15) is 5.82 Å². The van der Waals surface area contributed by atoms with Crippen molar-refractivity contribution in [3.05, 3.63) is 35.1 Å². The van der Waals surface area contributed by atoms with Gasteiger partial charge in [-0.1, -0.05) is 13.8 Å². The molecule has 2 aliphatic rings. The lowest BCUT2D eigenvalue weighted by Gasteiger charge is -2.32. The first-order chi connectivity index (χ1) is 14.0. The van der Waals surface area contributed by atoms with Gasteiger partial charge in [0, 0.05) is 18.2 Å². The Morgan fingerprint density at radius 1 is 1.20 bits per heavy atom. The van der Waals surface area contributed by atoms with Gasteiger partial charge in [0.05, 0.1) is 12.1 Å². The third kappa shape index (κ3) is 5.50. The van der Waals surface area contributed by atoms with E-state index in [1.807, 2.05) is 13.8 Å². The van der Waals surface area contributed by atoms with Crippen LogP contribution in [0, 0.1) is 17.2 Å². The molecular formula is C21H27F4N3O2. The standard InChI is InChI=1S/C21H27F4N3O2/c1-13(2)11-26-18(29)12-28-5-3-20(4-6-28)10-17(20)27-19(30)14-7-15(21(23,24)25)9-16(22)8-14/h7-9,13,17H,3-6,10-12H2,1-2H3,(H,26,29)(H,27,30)/t17-/m1/s1. The average molecular weight is 429 g/mol. The molecule has 0 radical (unpaired) electrons. The van der Waals surface area contributed by atoms with Crippen molar-refractivity contribution in [2.24, 2.45) is 11.3 Å². The number of nitrogens with one attached hydrogen (secondary N) is 2. The van der Waals surface area contributed by atoms with Crippen LogP contribution in [0.25, 0.3) is 0 Å². The molecule has 2 amide bonds. The predicted octanol–water partition coefficient (Wildman–Crippen LogP) is 3.20. The Morgan fingerprint density at radius 3 is 2.47 bits per heavy atom. The van der Waals surface area contributed by atoms with E-state index >= 15 is 0 Å². The second kappa shape index (κ2) is 8.53. The minimum atomic E-state index is -4.72. The van der Waals surface area contributed by atoms with Crippen molar-refractivity contribution in [1.29, 1.82) is 0 Å². The van der Waals surface area contributed by atoms with Gasteiger partial charge in [-0.05, 0) is 61.9 Å². The zero-order chi connectivity index (χ0) is 22.1. The van der Waals surface area contributed by atoms with Crippen LogP contribution in [0.3, 0.4) is 0 Å². The van der Waals surface area contributed by atoms with Crippen LogP contribution in [0.15, 0.2) is 18.2 Å². The second-order valence-electron chi connectivity index (χ2n) is 8.79. The number of amides is 2. The van der Waals surface area contributed by atoms with E-state index in [1.54, 1.807) is 0 Å². The van der Waals surface area contributed by atoms with Gasteiger partial charge in [-0.3, -0.25) is 14.5 Å². The molecule has 1 heterocycles. The Morgan fingerprint density at radius 2 is 1.87 bits per heavy atom. The summed E-state index contributed by atoms with van der Waals surface area (Å²) in [5.74, 6) is -1.41. The van der Waals surface area contributed by atoms with E-state index in [0.717, 1.165) is 38.4 Å². The lowest BCUT2D eigenvalue weighted by Crippen LogP contribution is -2.44. The number of likely N-dealkylation sites (tertiary alicyclic amines) is 1. The van der Waals surface area contributed by atoms with Crippen molar-refractivity contribution in [3.63, 3.8) is 0 Å². The highest BCUT2D eigenvalue weighted by atomic mass is 19.4. The Hall–Kier alpha value is -2.16. The van der Waals surface area contributed by atoms with E-state index in [0.29, 0.717) is 31.1 Å². The monoisotopic (exact) mass is 429 g/mol. The molecule has 1 aromatic rings. The number of carbonyl (C=O) groups is 2. The maximum absolute atomic E-state index is 13.5. The molecule has 0 unspecified atom stereocenters. The van der Waals surface area contributed by atoms with Crippen molar-refractivity contribution in [2.75, 3.05) is 26.2 Å². The highest BCUT2D eigenvalue weighted by molar-refractivity contribution is 5.95. The number of rotatable bonds is 6. The fourth-order valence-corrected chi connectivity index (χ4v) is 3.96. The number of hydrogen-bond donors (Lipinski definition) is 2. The summed E-state index contributed by atoms with van der Waals surface area (Å²) in [5.41, 5.74) is -1.59. The predicted molar refractivity (Wildman–Crippen MR) is 103 cm³/mol. The normalized spacial score (nSPS) is 21.0. The second-order valence-corrected chi connectivity index (χ2v) is 8.79. The first kappa shape index (κ1) is 22.5. The van der Waals surface area contributed by atoms with Crippen molar-refractivity contribution < 1.29 is 27.2 Å². The number of benzene rings is 1. The van der Waals surface area contributed by atoms with E-state index in [-0.39, 0.29) is 22.9 Å². The molecule has 1 aliphatic carbocycles. The minimum Gasteiger partial charge on any atom is -0.355 e. The number of hydrogen-bond acceptors (Lipinski definition) is 3. The number of halogens is 4.